The molecular formula is C14H12F2N2O2. The summed E-state index contributed by atoms with van der Waals surface area (Å²) in [5, 5.41) is 2.43. The van der Waals surface area contributed by atoms with E-state index in [-0.39, 0.29) is 17.1 Å². The topological polar surface area (TPSA) is 64.4 Å². The second kappa shape index (κ2) is 5.56. The molecule has 2 aromatic carbocycles. The lowest BCUT2D eigenvalue weighted by Gasteiger charge is -2.11. The average Bonchev–Trinajstić information content (AvgIpc) is 2.42. The molecule has 3 N–H and O–H groups in total. The maximum absolute atomic E-state index is 13.5. The lowest BCUT2D eigenvalue weighted by molar-refractivity contribution is 0.0960. The van der Waals surface area contributed by atoms with Gasteiger partial charge in [-0.05, 0) is 24.3 Å². The van der Waals surface area contributed by atoms with Crippen molar-refractivity contribution >= 4 is 11.6 Å². The number of nitrogen functional groups attached to an aromatic ring is 1. The molecule has 0 atom stereocenters. The minimum atomic E-state index is -0.739. The number of benzene rings is 2. The quantitative estimate of drug-likeness (QED) is 0.848. The van der Waals surface area contributed by atoms with Crippen LogP contribution in [0.1, 0.15) is 10.4 Å². The number of halogens is 2. The van der Waals surface area contributed by atoms with E-state index >= 15 is 0 Å². The van der Waals surface area contributed by atoms with Crippen LogP contribution in [0.2, 0.25) is 0 Å². The van der Waals surface area contributed by atoms with E-state index in [2.05, 4.69) is 5.32 Å². The SMILES string of the molecule is CNC(=O)c1ccc(N)cc1Oc1cc(F)ccc1F. The summed E-state index contributed by atoms with van der Waals surface area (Å²) in [7, 11) is 1.45. The number of ether oxygens (including phenoxy) is 1. The number of rotatable bonds is 3. The zero-order valence-corrected chi connectivity index (χ0v) is 10.6. The average molecular weight is 278 g/mol. The Balaban J connectivity index is 2.44. The summed E-state index contributed by atoms with van der Waals surface area (Å²) in [6.07, 6.45) is 0. The number of amides is 1. The maximum Gasteiger partial charge on any atom is 0.254 e. The standard InChI is InChI=1S/C14H12F2N2O2/c1-18-14(19)10-4-3-9(17)7-12(10)20-13-6-8(15)2-5-11(13)16/h2-7H,17H2,1H3,(H,18,19). The number of nitrogens with one attached hydrogen (secondary N) is 1. The van der Waals surface area contributed by atoms with Crippen LogP contribution in [0.25, 0.3) is 0 Å². The van der Waals surface area contributed by atoms with Crippen LogP contribution in [0.4, 0.5) is 14.5 Å². The van der Waals surface area contributed by atoms with Crippen molar-refractivity contribution in [2.75, 3.05) is 12.8 Å². The van der Waals surface area contributed by atoms with E-state index in [1.807, 2.05) is 0 Å². The first kappa shape index (κ1) is 13.8. The Morgan fingerprint density at radius 2 is 1.90 bits per heavy atom. The van der Waals surface area contributed by atoms with Gasteiger partial charge >= 0.3 is 0 Å². The van der Waals surface area contributed by atoms with Gasteiger partial charge < -0.3 is 15.8 Å². The molecule has 0 radical (unpaired) electrons. The zero-order chi connectivity index (χ0) is 14.7. The van der Waals surface area contributed by atoms with Gasteiger partial charge in [-0.15, -0.1) is 0 Å². The molecule has 104 valence electrons. The van der Waals surface area contributed by atoms with Crippen LogP contribution in [-0.4, -0.2) is 13.0 Å². The summed E-state index contributed by atoms with van der Waals surface area (Å²) in [6.45, 7) is 0. The number of anilines is 1. The molecule has 0 bridgehead atoms. The van der Waals surface area contributed by atoms with E-state index in [1.54, 1.807) is 0 Å². The second-order valence-electron chi connectivity index (χ2n) is 4.01. The normalized spacial score (nSPS) is 10.2. The lowest BCUT2D eigenvalue weighted by atomic mass is 10.1. The summed E-state index contributed by atoms with van der Waals surface area (Å²) < 4.78 is 31.9. The molecule has 0 fully saturated rings. The van der Waals surface area contributed by atoms with Gasteiger partial charge in [0.15, 0.2) is 11.6 Å². The predicted octanol–water partition coefficient (Wildman–Crippen LogP) is 2.70. The second-order valence-corrected chi connectivity index (χ2v) is 4.01. The third-order valence-corrected chi connectivity index (χ3v) is 2.59. The molecule has 0 aromatic heterocycles. The van der Waals surface area contributed by atoms with Crippen molar-refractivity contribution in [1.29, 1.82) is 0 Å². The van der Waals surface area contributed by atoms with E-state index in [4.69, 9.17) is 10.5 Å². The molecule has 0 aliphatic carbocycles. The van der Waals surface area contributed by atoms with Crippen LogP contribution in [0, 0.1) is 11.6 Å². The molecule has 0 saturated heterocycles. The Kier molecular flexibility index (Phi) is 3.84. The number of nitrogens with two attached hydrogens (primary N) is 1. The molecule has 6 heteroatoms. The predicted molar refractivity (Wildman–Crippen MR) is 70.7 cm³/mol. The van der Waals surface area contributed by atoms with Gasteiger partial charge in [-0.2, -0.15) is 0 Å². The zero-order valence-electron chi connectivity index (χ0n) is 10.6. The van der Waals surface area contributed by atoms with Gasteiger partial charge in [-0.3, -0.25) is 4.79 Å². The third kappa shape index (κ3) is 2.85. The molecule has 2 aromatic rings. The van der Waals surface area contributed by atoms with Crippen LogP contribution in [0.5, 0.6) is 11.5 Å². The van der Waals surface area contributed by atoms with Crippen molar-refractivity contribution in [1.82, 2.24) is 5.32 Å². The van der Waals surface area contributed by atoms with Gasteiger partial charge in [-0.25, -0.2) is 8.78 Å². The summed E-state index contributed by atoms with van der Waals surface area (Å²) >= 11 is 0. The molecule has 4 nitrogen and oxygen atoms in total. The Bertz CT molecular complexity index is 660. The first-order valence-corrected chi connectivity index (χ1v) is 5.76. The monoisotopic (exact) mass is 278 g/mol. The first-order chi connectivity index (χ1) is 9.51. The van der Waals surface area contributed by atoms with Gasteiger partial charge in [0.2, 0.25) is 0 Å². The molecule has 0 heterocycles. The minimum Gasteiger partial charge on any atom is -0.453 e. The Morgan fingerprint density at radius 3 is 2.60 bits per heavy atom. The van der Waals surface area contributed by atoms with Crippen molar-refractivity contribution in [2.24, 2.45) is 0 Å². The van der Waals surface area contributed by atoms with Crippen LogP contribution < -0.4 is 15.8 Å². The van der Waals surface area contributed by atoms with E-state index in [0.29, 0.717) is 5.69 Å². The van der Waals surface area contributed by atoms with Gasteiger partial charge in [0.05, 0.1) is 5.56 Å². The van der Waals surface area contributed by atoms with Gasteiger partial charge in [0.1, 0.15) is 11.6 Å². The highest BCUT2D eigenvalue weighted by Crippen LogP contribution is 2.29. The molecule has 0 spiro atoms. The van der Waals surface area contributed by atoms with Gasteiger partial charge in [-0.1, -0.05) is 0 Å². The number of hydrogen-bond acceptors (Lipinski definition) is 3. The molecule has 0 unspecified atom stereocenters. The highest BCUT2D eigenvalue weighted by molar-refractivity contribution is 5.97. The van der Waals surface area contributed by atoms with Crippen LogP contribution in [0.15, 0.2) is 36.4 Å². The maximum atomic E-state index is 13.5. The first-order valence-electron chi connectivity index (χ1n) is 5.76. The molecule has 0 aliphatic heterocycles. The Morgan fingerprint density at radius 1 is 1.15 bits per heavy atom. The van der Waals surface area contributed by atoms with Crippen LogP contribution in [0.3, 0.4) is 0 Å². The van der Waals surface area contributed by atoms with E-state index in [0.717, 1.165) is 18.2 Å². The van der Waals surface area contributed by atoms with Crippen molar-refractivity contribution in [2.45, 2.75) is 0 Å². The molecule has 0 saturated carbocycles. The molecular weight excluding hydrogens is 266 g/mol. The number of carbonyl (C=O) groups excluding carboxylic acids is 1. The summed E-state index contributed by atoms with van der Waals surface area (Å²) in [6, 6.07) is 7.14. The van der Waals surface area contributed by atoms with Crippen LogP contribution >= 0.6 is 0 Å². The van der Waals surface area contributed by atoms with E-state index < -0.39 is 17.5 Å². The molecule has 1 amide bonds. The van der Waals surface area contributed by atoms with Crippen molar-refractivity contribution in [3.05, 3.63) is 53.6 Å². The third-order valence-electron chi connectivity index (χ3n) is 2.59. The lowest BCUT2D eigenvalue weighted by Crippen LogP contribution is -2.18. The van der Waals surface area contributed by atoms with E-state index in [9.17, 15) is 13.6 Å². The molecule has 20 heavy (non-hydrogen) atoms. The fraction of sp³-hybridized carbons (Fsp3) is 0.0714. The van der Waals surface area contributed by atoms with Crippen molar-refractivity contribution in [3.63, 3.8) is 0 Å². The van der Waals surface area contributed by atoms with Crippen molar-refractivity contribution < 1.29 is 18.3 Å². The Labute approximate surface area is 114 Å². The number of hydrogen-bond donors (Lipinski definition) is 2. The minimum absolute atomic E-state index is 0.0499. The Hall–Kier alpha value is -2.63. The van der Waals surface area contributed by atoms with E-state index in [1.165, 1.54) is 25.2 Å². The highest BCUT2D eigenvalue weighted by Gasteiger charge is 2.14. The number of carbonyl (C=O) groups is 1. The summed E-state index contributed by atoms with van der Waals surface area (Å²) in [4.78, 5) is 11.7. The fourth-order valence-corrected chi connectivity index (χ4v) is 1.62. The molecule has 0 aliphatic rings. The highest BCUT2D eigenvalue weighted by atomic mass is 19.1. The van der Waals surface area contributed by atoms with Gasteiger partial charge in [0.25, 0.3) is 5.91 Å². The summed E-state index contributed by atoms with van der Waals surface area (Å²) in [5.74, 6) is -2.07. The van der Waals surface area contributed by atoms with Crippen LogP contribution in [-0.2, 0) is 0 Å². The smallest absolute Gasteiger partial charge is 0.254 e. The van der Waals surface area contributed by atoms with Crippen molar-refractivity contribution in [3.8, 4) is 11.5 Å². The molecule has 2 rings (SSSR count). The largest absolute Gasteiger partial charge is 0.453 e. The fourth-order valence-electron chi connectivity index (χ4n) is 1.62. The van der Waals surface area contributed by atoms with Gasteiger partial charge in [0, 0.05) is 24.9 Å². The summed E-state index contributed by atoms with van der Waals surface area (Å²) in [5.41, 5.74) is 6.12.